The van der Waals surface area contributed by atoms with Crippen molar-refractivity contribution in [3.8, 4) is 11.1 Å². The standard InChI is InChI=1S/C25H23NO2S/c1-17(19-7-5-4-6-8-19)25-18(2)26-16-22-10-9-21(15-24(22)25)20-11-13-23(14-12-20)29(3,27)28/h4-17H,1-3H3. The minimum atomic E-state index is -3.20. The van der Waals surface area contributed by atoms with Gasteiger partial charge in [0.2, 0.25) is 0 Å². The van der Waals surface area contributed by atoms with E-state index in [1.54, 1.807) is 12.1 Å². The van der Waals surface area contributed by atoms with Crippen molar-refractivity contribution >= 4 is 20.6 Å². The van der Waals surface area contributed by atoms with Crippen LogP contribution in [-0.2, 0) is 9.84 Å². The second-order valence-electron chi connectivity index (χ2n) is 7.49. The largest absolute Gasteiger partial charge is 0.261 e. The Bertz CT molecular complexity index is 1280. The maximum absolute atomic E-state index is 11.7. The van der Waals surface area contributed by atoms with Gasteiger partial charge < -0.3 is 0 Å². The number of hydrogen-bond acceptors (Lipinski definition) is 3. The molecule has 0 bridgehead atoms. The maximum atomic E-state index is 11.7. The zero-order chi connectivity index (χ0) is 20.6. The van der Waals surface area contributed by atoms with Crippen molar-refractivity contribution in [2.75, 3.05) is 6.26 Å². The van der Waals surface area contributed by atoms with Gasteiger partial charge in [-0.05, 0) is 52.8 Å². The number of sulfone groups is 1. The Kier molecular flexibility index (Phi) is 4.97. The Hall–Kier alpha value is -2.98. The Morgan fingerprint density at radius 1 is 0.862 bits per heavy atom. The molecule has 1 unspecified atom stereocenters. The molecule has 4 heteroatoms. The average molecular weight is 402 g/mol. The lowest BCUT2D eigenvalue weighted by Gasteiger charge is -2.18. The van der Waals surface area contributed by atoms with Crippen molar-refractivity contribution < 1.29 is 8.42 Å². The van der Waals surface area contributed by atoms with E-state index in [9.17, 15) is 8.42 Å². The minimum absolute atomic E-state index is 0.218. The summed E-state index contributed by atoms with van der Waals surface area (Å²) in [6.45, 7) is 4.27. The van der Waals surface area contributed by atoms with Crippen molar-refractivity contribution in [3.63, 3.8) is 0 Å². The lowest BCUT2D eigenvalue weighted by molar-refractivity contribution is 0.602. The molecule has 0 amide bonds. The van der Waals surface area contributed by atoms with E-state index in [2.05, 4.69) is 61.3 Å². The highest BCUT2D eigenvalue weighted by molar-refractivity contribution is 7.90. The second-order valence-corrected chi connectivity index (χ2v) is 9.50. The predicted molar refractivity (Wildman–Crippen MR) is 119 cm³/mol. The summed E-state index contributed by atoms with van der Waals surface area (Å²) in [6.07, 6.45) is 3.15. The first-order valence-electron chi connectivity index (χ1n) is 9.59. The van der Waals surface area contributed by atoms with Gasteiger partial charge in [-0.1, -0.05) is 61.5 Å². The molecular weight excluding hydrogens is 378 g/mol. The van der Waals surface area contributed by atoms with E-state index in [1.807, 2.05) is 24.4 Å². The van der Waals surface area contributed by atoms with Gasteiger partial charge in [0.1, 0.15) is 0 Å². The molecule has 29 heavy (non-hydrogen) atoms. The fraction of sp³-hybridized carbons (Fsp3) is 0.160. The van der Waals surface area contributed by atoms with Crippen LogP contribution in [0.15, 0.2) is 83.9 Å². The third kappa shape index (κ3) is 3.81. The molecule has 4 rings (SSSR count). The lowest BCUT2D eigenvalue weighted by atomic mass is 9.87. The van der Waals surface area contributed by atoms with Crippen LogP contribution < -0.4 is 0 Å². The molecule has 0 aliphatic rings. The van der Waals surface area contributed by atoms with Crippen molar-refractivity contribution in [2.45, 2.75) is 24.7 Å². The van der Waals surface area contributed by atoms with Crippen molar-refractivity contribution in [3.05, 3.63) is 95.8 Å². The highest BCUT2D eigenvalue weighted by Crippen LogP contribution is 2.34. The molecule has 0 spiro atoms. The van der Waals surface area contributed by atoms with Crippen LogP contribution in [0.4, 0.5) is 0 Å². The van der Waals surface area contributed by atoms with Crippen LogP contribution in [0.1, 0.15) is 29.7 Å². The Morgan fingerprint density at radius 2 is 1.52 bits per heavy atom. The molecular formula is C25H23NO2S. The molecule has 3 nitrogen and oxygen atoms in total. The van der Waals surface area contributed by atoms with Crippen molar-refractivity contribution in [2.24, 2.45) is 0 Å². The minimum Gasteiger partial charge on any atom is -0.261 e. The fourth-order valence-corrected chi connectivity index (χ4v) is 4.49. The van der Waals surface area contributed by atoms with E-state index in [-0.39, 0.29) is 5.92 Å². The number of hydrogen-bond donors (Lipinski definition) is 0. The van der Waals surface area contributed by atoms with E-state index >= 15 is 0 Å². The van der Waals surface area contributed by atoms with E-state index in [4.69, 9.17) is 0 Å². The Balaban J connectivity index is 1.85. The SMILES string of the molecule is Cc1ncc2ccc(-c3ccc(S(C)(=O)=O)cc3)cc2c1C(C)c1ccccc1. The monoisotopic (exact) mass is 401 g/mol. The summed E-state index contributed by atoms with van der Waals surface area (Å²) in [4.78, 5) is 4.96. The van der Waals surface area contributed by atoms with Crippen LogP contribution >= 0.6 is 0 Å². The Labute approximate surface area is 172 Å². The Morgan fingerprint density at radius 3 is 2.17 bits per heavy atom. The molecule has 0 radical (unpaired) electrons. The van der Waals surface area contributed by atoms with Gasteiger partial charge in [-0.2, -0.15) is 0 Å². The number of aromatic nitrogens is 1. The van der Waals surface area contributed by atoms with Crippen LogP contribution in [0.5, 0.6) is 0 Å². The molecule has 0 aliphatic heterocycles. The van der Waals surface area contributed by atoms with E-state index in [0.29, 0.717) is 4.90 Å². The average Bonchev–Trinajstić information content (AvgIpc) is 2.73. The molecule has 0 saturated heterocycles. The number of benzene rings is 3. The number of nitrogens with zero attached hydrogens (tertiary/aromatic N) is 1. The zero-order valence-electron chi connectivity index (χ0n) is 16.8. The summed E-state index contributed by atoms with van der Waals surface area (Å²) in [7, 11) is -3.20. The molecule has 3 aromatic carbocycles. The molecule has 4 aromatic rings. The van der Waals surface area contributed by atoms with Crippen LogP contribution in [0, 0.1) is 6.92 Å². The quantitative estimate of drug-likeness (QED) is 0.436. The van der Waals surface area contributed by atoms with Gasteiger partial charge in [0.25, 0.3) is 0 Å². The molecule has 0 aliphatic carbocycles. The number of pyridine rings is 1. The number of aryl methyl sites for hydroxylation is 1. The van der Waals surface area contributed by atoms with Crippen molar-refractivity contribution in [1.29, 1.82) is 0 Å². The van der Waals surface area contributed by atoms with Gasteiger partial charge in [-0.25, -0.2) is 8.42 Å². The van der Waals surface area contributed by atoms with Crippen LogP contribution in [-0.4, -0.2) is 19.7 Å². The van der Waals surface area contributed by atoms with Crippen LogP contribution in [0.25, 0.3) is 21.9 Å². The van der Waals surface area contributed by atoms with E-state index in [1.165, 1.54) is 22.8 Å². The van der Waals surface area contributed by atoms with E-state index in [0.717, 1.165) is 22.2 Å². The molecule has 0 saturated carbocycles. The third-order valence-corrected chi connectivity index (χ3v) is 6.61. The molecule has 146 valence electrons. The number of rotatable bonds is 4. The topological polar surface area (TPSA) is 47.0 Å². The second kappa shape index (κ2) is 7.45. The van der Waals surface area contributed by atoms with Gasteiger partial charge in [-0.3, -0.25) is 4.98 Å². The van der Waals surface area contributed by atoms with Crippen molar-refractivity contribution in [1.82, 2.24) is 4.98 Å². The molecule has 1 aromatic heterocycles. The highest BCUT2D eigenvalue weighted by atomic mass is 32.2. The number of fused-ring (bicyclic) bond motifs is 1. The smallest absolute Gasteiger partial charge is 0.175 e. The maximum Gasteiger partial charge on any atom is 0.175 e. The normalized spacial score (nSPS) is 12.8. The summed E-state index contributed by atoms with van der Waals surface area (Å²) in [5, 5.41) is 2.28. The first kappa shape index (κ1) is 19.3. The first-order valence-corrected chi connectivity index (χ1v) is 11.5. The lowest BCUT2D eigenvalue weighted by Crippen LogP contribution is -2.02. The molecule has 0 N–H and O–H groups in total. The summed E-state index contributed by atoms with van der Waals surface area (Å²) < 4.78 is 23.5. The van der Waals surface area contributed by atoms with Gasteiger partial charge in [0.05, 0.1) is 4.90 Å². The van der Waals surface area contributed by atoms with Gasteiger partial charge >= 0.3 is 0 Å². The highest BCUT2D eigenvalue weighted by Gasteiger charge is 2.16. The summed E-state index contributed by atoms with van der Waals surface area (Å²) in [5.74, 6) is 0.218. The first-order chi connectivity index (χ1) is 13.8. The van der Waals surface area contributed by atoms with E-state index < -0.39 is 9.84 Å². The molecule has 1 heterocycles. The fourth-order valence-electron chi connectivity index (χ4n) is 3.86. The van der Waals surface area contributed by atoms with Gasteiger partial charge in [-0.15, -0.1) is 0 Å². The summed E-state index contributed by atoms with van der Waals surface area (Å²) in [6, 6.07) is 23.9. The van der Waals surface area contributed by atoms with Gasteiger partial charge in [0.15, 0.2) is 9.84 Å². The predicted octanol–water partition coefficient (Wildman–Crippen LogP) is 5.77. The van der Waals surface area contributed by atoms with Crippen LogP contribution in [0.2, 0.25) is 0 Å². The summed E-state index contributed by atoms with van der Waals surface area (Å²) in [5.41, 5.74) is 5.56. The molecule has 1 atom stereocenters. The van der Waals surface area contributed by atoms with Crippen LogP contribution in [0.3, 0.4) is 0 Å². The molecule has 0 fully saturated rings. The summed E-state index contributed by atoms with van der Waals surface area (Å²) >= 11 is 0. The third-order valence-electron chi connectivity index (χ3n) is 5.48. The van der Waals surface area contributed by atoms with Gasteiger partial charge in [0, 0.05) is 29.5 Å². The zero-order valence-corrected chi connectivity index (χ0v) is 17.6.